The molecule has 1 heterocycles. The van der Waals surface area contributed by atoms with E-state index in [4.69, 9.17) is 4.74 Å². The second-order valence-corrected chi connectivity index (χ2v) is 7.30. The van der Waals surface area contributed by atoms with Gasteiger partial charge < -0.3 is 4.74 Å². The van der Waals surface area contributed by atoms with E-state index in [1.54, 1.807) is 4.31 Å². The number of ether oxygens (including phenoxy) is 1. The molecule has 0 spiro atoms. The van der Waals surface area contributed by atoms with E-state index in [0.29, 0.717) is 44.5 Å². The van der Waals surface area contributed by atoms with Crippen LogP contribution < -0.4 is 0 Å². The smallest absolute Gasteiger partial charge is 0.217 e. The number of hydrogen-bond donors (Lipinski definition) is 0. The molecule has 0 aromatic rings. The van der Waals surface area contributed by atoms with Gasteiger partial charge in [0, 0.05) is 31.6 Å². The lowest BCUT2D eigenvalue weighted by Gasteiger charge is -2.29. The lowest BCUT2D eigenvalue weighted by molar-refractivity contribution is 0.0972. The first-order valence-electron chi connectivity index (χ1n) is 6.25. The topological polar surface area (TPSA) is 46.6 Å². The van der Waals surface area contributed by atoms with Crippen molar-refractivity contribution in [3.8, 4) is 0 Å². The standard InChI is InChI=1S/C11H22BrNO3S/c1-2-3-7-13(8-6-12)17(14,15)11-4-9-16-10-5-11/h11H,2-10H2,1H3. The molecule has 1 aliphatic rings. The first kappa shape index (κ1) is 15.4. The Hall–Kier alpha value is 0.350. The van der Waals surface area contributed by atoms with Crippen molar-refractivity contribution in [3.63, 3.8) is 0 Å². The van der Waals surface area contributed by atoms with Crippen molar-refractivity contribution in [2.75, 3.05) is 31.6 Å². The summed E-state index contributed by atoms with van der Waals surface area (Å²) in [5.74, 6) is 0. The molecule has 1 fully saturated rings. The fraction of sp³-hybridized carbons (Fsp3) is 1.00. The van der Waals surface area contributed by atoms with Gasteiger partial charge in [0.1, 0.15) is 0 Å². The monoisotopic (exact) mass is 327 g/mol. The van der Waals surface area contributed by atoms with E-state index in [-0.39, 0.29) is 5.25 Å². The highest BCUT2D eigenvalue weighted by Crippen LogP contribution is 2.20. The van der Waals surface area contributed by atoms with E-state index < -0.39 is 10.0 Å². The number of halogens is 1. The number of nitrogens with zero attached hydrogens (tertiary/aromatic N) is 1. The Morgan fingerprint density at radius 2 is 1.94 bits per heavy atom. The zero-order valence-corrected chi connectivity index (χ0v) is 12.8. The van der Waals surface area contributed by atoms with E-state index in [0.717, 1.165) is 12.8 Å². The van der Waals surface area contributed by atoms with E-state index in [9.17, 15) is 8.42 Å². The average molecular weight is 328 g/mol. The first-order chi connectivity index (χ1) is 8.12. The molecule has 0 bridgehead atoms. The summed E-state index contributed by atoms with van der Waals surface area (Å²) in [6.07, 6.45) is 3.21. The van der Waals surface area contributed by atoms with Gasteiger partial charge in [0.2, 0.25) is 10.0 Å². The molecule has 0 unspecified atom stereocenters. The summed E-state index contributed by atoms with van der Waals surface area (Å²) >= 11 is 3.33. The first-order valence-corrected chi connectivity index (χ1v) is 8.88. The van der Waals surface area contributed by atoms with E-state index >= 15 is 0 Å². The molecular weight excluding hydrogens is 306 g/mol. The van der Waals surface area contributed by atoms with Gasteiger partial charge in [-0.2, -0.15) is 0 Å². The molecule has 1 saturated heterocycles. The molecule has 1 aliphatic heterocycles. The fourth-order valence-electron chi connectivity index (χ4n) is 1.98. The van der Waals surface area contributed by atoms with E-state index in [2.05, 4.69) is 22.9 Å². The van der Waals surface area contributed by atoms with Crippen molar-refractivity contribution >= 4 is 26.0 Å². The maximum atomic E-state index is 12.4. The summed E-state index contributed by atoms with van der Waals surface area (Å²) < 4.78 is 31.7. The van der Waals surface area contributed by atoms with Crippen LogP contribution in [0, 0.1) is 0 Å². The third-order valence-corrected chi connectivity index (χ3v) is 5.80. The van der Waals surface area contributed by atoms with Gasteiger partial charge in [0.25, 0.3) is 0 Å². The van der Waals surface area contributed by atoms with Gasteiger partial charge in [-0.15, -0.1) is 0 Å². The van der Waals surface area contributed by atoms with Crippen LogP contribution in [0.15, 0.2) is 0 Å². The van der Waals surface area contributed by atoms with Crippen LogP contribution in [0.1, 0.15) is 32.6 Å². The van der Waals surface area contributed by atoms with Crippen molar-refractivity contribution in [1.29, 1.82) is 0 Å². The van der Waals surface area contributed by atoms with E-state index in [1.807, 2.05) is 0 Å². The number of rotatable bonds is 7. The third-order valence-electron chi connectivity index (χ3n) is 3.04. The molecule has 0 radical (unpaired) electrons. The molecule has 6 heteroatoms. The van der Waals surface area contributed by atoms with Gasteiger partial charge in [-0.05, 0) is 19.3 Å². The Morgan fingerprint density at radius 1 is 1.29 bits per heavy atom. The minimum absolute atomic E-state index is 0.243. The van der Waals surface area contributed by atoms with E-state index in [1.165, 1.54) is 0 Å². The Bertz CT molecular complexity index is 302. The summed E-state index contributed by atoms with van der Waals surface area (Å²) in [5, 5.41) is 0.450. The third kappa shape index (κ3) is 4.50. The van der Waals surface area contributed by atoms with Gasteiger partial charge in [-0.25, -0.2) is 12.7 Å². The van der Waals surface area contributed by atoms with Crippen LogP contribution in [0.25, 0.3) is 0 Å². The van der Waals surface area contributed by atoms with Crippen molar-refractivity contribution in [2.45, 2.75) is 37.9 Å². The summed E-state index contributed by atoms with van der Waals surface area (Å²) in [6.45, 7) is 4.43. The minimum Gasteiger partial charge on any atom is -0.381 e. The van der Waals surface area contributed by atoms with Gasteiger partial charge in [-0.3, -0.25) is 0 Å². The Morgan fingerprint density at radius 3 is 2.47 bits per heavy atom. The molecule has 0 N–H and O–H groups in total. The predicted molar refractivity (Wildman–Crippen MR) is 73.0 cm³/mol. The Balaban J connectivity index is 2.67. The van der Waals surface area contributed by atoms with Crippen LogP contribution in [0.4, 0.5) is 0 Å². The predicted octanol–water partition coefficient (Wildman–Crippen LogP) is 1.99. The molecule has 0 amide bonds. The van der Waals surface area contributed by atoms with Crippen LogP contribution in [-0.2, 0) is 14.8 Å². The van der Waals surface area contributed by atoms with Gasteiger partial charge >= 0.3 is 0 Å². The van der Waals surface area contributed by atoms with Crippen LogP contribution in [-0.4, -0.2) is 49.6 Å². The number of unbranched alkanes of at least 4 members (excludes halogenated alkanes) is 1. The molecule has 0 aromatic heterocycles. The SMILES string of the molecule is CCCCN(CCBr)S(=O)(=O)C1CCOCC1. The van der Waals surface area contributed by atoms with Crippen LogP contribution >= 0.6 is 15.9 Å². The molecule has 0 aromatic carbocycles. The normalized spacial score (nSPS) is 18.8. The lowest BCUT2D eigenvalue weighted by Crippen LogP contribution is -2.42. The maximum absolute atomic E-state index is 12.4. The van der Waals surface area contributed by atoms with Gasteiger partial charge in [0.15, 0.2) is 0 Å². The molecule has 0 aliphatic carbocycles. The number of alkyl halides is 1. The number of hydrogen-bond acceptors (Lipinski definition) is 3. The molecule has 17 heavy (non-hydrogen) atoms. The molecule has 102 valence electrons. The van der Waals surface area contributed by atoms with Crippen molar-refractivity contribution < 1.29 is 13.2 Å². The van der Waals surface area contributed by atoms with Crippen molar-refractivity contribution in [2.24, 2.45) is 0 Å². The van der Waals surface area contributed by atoms with Crippen molar-refractivity contribution in [3.05, 3.63) is 0 Å². The second kappa shape index (κ2) is 7.71. The largest absolute Gasteiger partial charge is 0.381 e. The Labute approximate surface area is 113 Å². The summed E-state index contributed by atoms with van der Waals surface area (Å²) in [6, 6.07) is 0. The maximum Gasteiger partial charge on any atom is 0.217 e. The number of sulfonamides is 1. The van der Waals surface area contributed by atoms with Gasteiger partial charge in [0.05, 0.1) is 5.25 Å². The fourth-order valence-corrected chi connectivity index (χ4v) is 4.58. The highest BCUT2D eigenvalue weighted by Gasteiger charge is 2.32. The highest BCUT2D eigenvalue weighted by atomic mass is 79.9. The molecule has 0 atom stereocenters. The zero-order chi connectivity index (χ0) is 12.7. The van der Waals surface area contributed by atoms with Crippen LogP contribution in [0.3, 0.4) is 0 Å². The quantitative estimate of drug-likeness (QED) is 0.672. The van der Waals surface area contributed by atoms with Crippen molar-refractivity contribution in [1.82, 2.24) is 4.31 Å². The second-order valence-electron chi connectivity index (χ2n) is 4.30. The summed E-state index contributed by atoms with van der Waals surface area (Å²) in [7, 11) is -3.14. The molecule has 4 nitrogen and oxygen atoms in total. The molecule has 0 saturated carbocycles. The van der Waals surface area contributed by atoms with Crippen LogP contribution in [0.2, 0.25) is 0 Å². The summed E-state index contributed by atoms with van der Waals surface area (Å²) in [5.41, 5.74) is 0. The zero-order valence-electron chi connectivity index (χ0n) is 10.4. The average Bonchev–Trinajstić information content (AvgIpc) is 2.35. The Kier molecular flexibility index (Phi) is 6.99. The highest BCUT2D eigenvalue weighted by molar-refractivity contribution is 9.09. The molecular formula is C11H22BrNO3S. The van der Waals surface area contributed by atoms with Crippen LogP contribution in [0.5, 0.6) is 0 Å². The summed E-state index contributed by atoms with van der Waals surface area (Å²) in [4.78, 5) is 0. The minimum atomic E-state index is -3.14. The lowest BCUT2D eigenvalue weighted by atomic mass is 10.2. The van der Waals surface area contributed by atoms with Gasteiger partial charge in [-0.1, -0.05) is 29.3 Å². The molecule has 1 rings (SSSR count).